The Bertz CT molecular complexity index is 558. The molecule has 0 N–H and O–H groups in total. The molecule has 1 saturated heterocycles. The minimum absolute atomic E-state index is 0.0803. The van der Waals surface area contributed by atoms with E-state index < -0.39 is 0 Å². The molecule has 2 rings (SSSR count). The topological polar surface area (TPSA) is 49.9 Å². The van der Waals surface area contributed by atoms with Crippen LogP contribution in [0.1, 0.15) is 13.3 Å². The van der Waals surface area contributed by atoms with Gasteiger partial charge in [0.15, 0.2) is 6.61 Å². The van der Waals surface area contributed by atoms with Gasteiger partial charge >= 0.3 is 0 Å². The smallest absolute Gasteiger partial charge is 0.260 e. The van der Waals surface area contributed by atoms with Gasteiger partial charge in [0.25, 0.3) is 5.91 Å². The van der Waals surface area contributed by atoms with Crippen LogP contribution in [0.15, 0.2) is 18.2 Å². The molecule has 1 fully saturated rings. The van der Waals surface area contributed by atoms with E-state index in [0.717, 1.165) is 0 Å². The van der Waals surface area contributed by atoms with Gasteiger partial charge in [-0.1, -0.05) is 30.1 Å². The molecule has 0 aliphatic carbocycles. The van der Waals surface area contributed by atoms with Crippen LogP contribution < -0.4 is 4.74 Å². The highest BCUT2D eigenvalue weighted by molar-refractivity contribution is 6.35. The molecule has 5 nitrogen and oxygen atoms in total. The van der Waals surface area contributed by atoms with Crippen LogP contribution in [0.5, 0.6) is 5.75 Å². The molecule has 0 unspecified atom stereocenters. The Morgan fingerprint density at radius 2 is 1.68 bits per heavy atom. The molecule has 2 amide bonds. The fourth-order valence-corrected chi connectivity index (χ4v) is 2.71. The summed E-state index contributed by atoms with van der Waals surface area (Å²) in [4.78, 5) is 27.2. The average molecular weight is 345 g/mol. The van der Waals surface area contributed by atoms with Crippen molar-refractivity contribution < 1.29 is 14.3 Å². The van der Waals surface area contributed by atoms with Gasteiger partial charge in [0.1, 0.15) is 5.75 Å². The third-order valence-corrected chi connectivity index (χ3v) is 4.06. The molecule has 1 aromatic carbocycles. The van der Waals surface area contributed by atoms with Crippen molar-refractivity contribution in [1.29, 1.82) is 0 Å². The van der Waals surface area contributed by atoms with Crippen molar-refractivity contribution >= 4 is 35.0 Å². The number of ether oxygens (including phenoxy) is 1. The molecule has 0 spiro atoms. The van der Waals surface area contributed by atoms with Gasteiger partial charge in [-0.05, 0) is 18.2 Å². The van der Waals surface area contributed by atoms with Gasteiger partial charge in [0, 0.05) is 37.6 Å². The molecular formula is C15H18Cl2N2O3. The maximum absolute atomic E-state index is 12.1. The molecule has 0 saturated carbocycles. The molecule has 7 heteroatoms. The number of amides is 2. The van der Waals surface area contributed by atoms with E-state index in [4.69, 9.17) is 27.9 Å². The zero-order valence-corrected chi connectivity index (χ0v) is 13.9. The number of rotatable bonds is 4. The lowest BCUT2D eigenvalue weighted by atomic mass is 10.3. The fraction of sp³-hybridized carbons (Fsp3) is 0.467. The van der Waals surface area contributed by atoms with Crippen LogP contribution in [0.2, 0.25) is 10.0 Å². The summed E-state index contributed by atoms with van der Waals surface area (Å²) in [6, 6.07) is 4.86. The highest BCUT2D eigenvalue weighted by atomic mass is 35.5. The Kier molecular flexibility index (Phi) is 5.91. The van der Waals surface area contributed by atoms with Crippen LogP contribution >= 0.6 is 23.2 Å². The normalized spacial score (nSPS) is 14.9. The molecule has 120 valence electrons. The Labute approximate surface area is 139 Å². The number of carbonyl (C=O) groups excluding carboxylic acids is 2. The van der Waals surface area contributed by atoms with Crippen molar-refractivity contribution in [2.75, 3.05) is 32.8 Å². The Morgan fingerprint density at radius 3 is 2.23 bits per heavy atom. The van der Waals surface area contributed by atoms with Crippen molar-refractivity contribution in [2.24, 2.45) is 0 Å². The van der Waals surface area contributed by atoms with E-state index in [1.165, 1.54) is 0 Å². The maximum Gasteiger partial charge on any atom is 0.260 e. The Morgan fingerprint density at radius 1 is 1.09 bits per heavy atom. The van der Waals surface area contributed by atoms with E-state index in [9.17, 15) is 9.59 Å². The van der Waals surface area contributed by atoms with Crippen LogP contribution in [0, 0.1) is 0 Å². The summed E-state index contributed by atoms with van der Waals surface area (Å²) in [7, 11) is 0. The molecule has 0 bridgehead atoms. The van der Waals surface area contributed by atoms with Gasteiger partial charge < -0.3 is 14.5 Å². The van der Waals surface area contributed by atoms with Crippen molar-refractivity contribution in [2.45, 2.75) is 13.3 Å². The highest BCUT2D eigenvalue weighted by Gasteiger charge is 2.23. The van der Waals surface area contributed by atoms with Gasteiger partial charge in [-0.25, -0.2) is 0 Å². The minimum Gasteiger partial charge on any atom is -0.482 e. The van der Waals surface area contributed by atoms with Crippen LogP contribution in [-0.2, 0) is 9.59 Å². The summed E-state index contributed by atoms with van der Waals surface area (Å²) in [5.74, 6) is 0.435. The van der Waals surface area contributed by atoms with Gasteiger partial charge in [-0.3, -0.25) is 9.59 Å². The first kappa shape index (κ1) is 16.9. The summed E-state index contributed by atoms with van der Waals surface area (Å²) in [6.07, 6.45) is 0.492. The summed E-state index contributed by atoms with van der Waals surface area (Å²) in [5.41, 5.74) is 0. The van der Waals surface area contributed by atoms with Crippen molar-refractivity contribution in [3.05, 3.63) is 28.2 Å². The zero-order chi connectivity index (χ0) is 16.1. The second-order valence-corrected chi connectivity index (χ2v) is 5.82. The van der Waals surface area contributed by atoms with Gasteiger partial charge in [-0.2, -0.15) is 0 Å². The quantitative estimate of drug-likeness (QED) is 0.842. The predicted octanol–water partition coefficient (Wildman–Crippen LogP) is 2.45. The molecule has 1 heterocycles. The Balaban J connectivity index is 1.82. The lowest BCUT2D eigenvalue weighted by Gasteiger charge is -2.34. The lowest BCUT2D eigenvalue weighted by Crippen LogP contribution is -2.51. The number of hydrogen-bond donors (Lipinski definition) is 0. The summed E-state index contributed by atoms with van der Waals surface area (Å²) < 4.78 is 5.44. The largest absolute Gasteiger partial charge is 0.482 e. The molecule has 1 aliphatic rings. The molecule has 0 radical (unpaired) electrons. The number of nitrogens with zero attached hydrogens (tertiary/aromatic N) is 2. The predicted molar refractivity (Wildman–Crippen MR) is 85.4 cm³/mol. The third kappa shape index (κ3) is 4.27. The van der Waals surface area contributed by atoms with Crippen molar-refractivity contribution in [3.63, 3.8) is 0 Å². The molecular weight excluding hydrogens is 327 g/mol. The summed E-state index contributed by atoms with van der Waals surface area (Å²) >= 11 is 11.8. The summed E-state index contributed by atoms with van der Waals surface area (Å²) in [5, 5.41) is 0.888. The van der Waals surface area contributed by atoms with E-state index >= 15 is 0 Å². The van der Waals surface area contributed by atoms with Gasteiger partial charge in [0.05, 0.1) is 5.02 Å². The number of piperazine rings is 1. The molecule has 0 aromatic heterocycles. The third-order valence-electron chi connectivity index (χ3n) is 3.53. The first-order valence-corrected chi connectivity index (χ1v) is 7.90. The SMILES string of the molecule is CCC(=O)N1CCN(C(=O)COc2ccc(Cl)cc2Cl)CC1. The lowest BCUT2D eigenvalue weighted by molar-refractivity contribution is -0.140. The highest BCUT2D eigenvalue weighted by Crippen LogP contribution is 2.27. The summed E-state index contributed by atoms with van der Waals surface area (Å²) in [6.45, 7) is 3.96. The number of hydrogen-bond acceptors (Lipinski definition) is 3. The van der Waals surface area contributed by atoms with E-state index in [1.807, 2.05) is 6.92 Å². The van der Waals surface area contributed by atoms with Crippen LogP contribution in [0.3, 0.4) is 0 Å². The molecule has 1 aliphatic heterocycles. The first-order valence-electron chi connectivity index (χ1n) is 7.14. The fourth-order valence-electron chi connectivity index (χ4n) is 2.25. The minimum atomic E-state index is -0.116. The maximum atomic E-state index is 12.1. The standard InChI is InChI=1S/C15H18Cl2N2O3/c1-2-14(20)18-5-7-19(8-6-18)15(21)10-22-13-4-3-11(16)9-12(13)17/h3-4,9H,2,5-8,10H2,1H3. The second kappa shape index (κ2) is 7.70. The van der Waals surface area contributed by atoms with Gasteiger partial charge in [0.2, 0.25) is 5.91 Å². The second-order valence-electron chi connectivity index (χ2n) is 4.98. The van der Waals surface area contributed by atoms with Crippen LogP contribution in [0.25, 0.3) is 0 Å². The van der Waals surface area contributed by atoms with Crippen LogP contribution in [0.4, 0.5) is 0 Å². The molecule has 1 aromatic rings. The van der Waals surface area contributed by atoms with Gasteiger partial charge in [-0.15, -0.1) is 0 Å². The monoisotopic (exact) mass is 344 g/mol. The van der Waals surface area contributed by atoms with Crippen LogP contribution in [-0.4, -0.2) is 54.4 Å². The Hall–Kier alpha value is -1.46. The van der Waals surface area contributed by atoms with Crippen molar-refractivity contribution in [1.82, 2.24) is 9.80 Å². The van der Waals surface area contributed by atoms with E-state index in [1.54, 1.807) is 28.0 Å². The van der Waals surface area contributed by atoms with E-state index in [-0.39, 0.29) is 18.4 Å². The number of benzene rings is 1. The average Bonchev–Trinajstić information content (AvgIpc) is 2.53. The molecule has 22 heavy (non-hydrogen) atoms. The van der Waals surface area contributed by atoms with E-state index in [2.05, 4.69) is 0 Å². The van der Waals surface area contributed by atoms with E-state index in [0.29, 0.717) is 48.4 Å². The van der Waals surface area contributed by atoms with Crippen molar-refractivity contribution in [3.8, 4) is 5.75 Å². The first-order chi connectivity index (χ1) is 10.5. The number of halogens is 2. The number of carbonyl (C=O) groups is 2. The zero-order valence-electron chi connectivity index (χ0n) is 12.3. The molecule has 0 atom stereocenters.